The van der Waals surface area contributed by atoms with E-state index >= 15 is 0 Å². The summed E-state index contributed by atoms with van der Waals surface area (Å²) in [7, 11) is 0. The molecule has 1 N–H and O–H groups in total. The van der Waals surface area contributed by atoms with Crippen LogP contribution in [0.3, 0.4) is 0 Å². The fraction of sp³-hybridized carbons (Fsp3) is 0.400. The number of rotatable bonds is 4. The van der Waals surface area contributed by atoms with Crippen LogP contribution in [0.25, 0.3) is 11.1 Å². The van der Waals surface area contributed by atoms with Crippen LogP contribution in [0.15, 0.2) is 28.8 Å². The van der Waals surface area contributed by atoms with E-state index in [1.165, 1.54) is 0 Å². The first-order chi connectivity index (χ1) is 13.5. The number of amides is 1. The van der Waals surface area contributed by atoms with Crippen molar-refractivity contribution in [2.45, 2.75) is 33.2 Å². The van der Waals surface area contributed by atoms with Crippen LogP contribution in [0.2, 0.25) is 5.02 Å². The number of piperidine rings is 1. The van der Waals surface area contributed by atoms with Crippen LogP contribution in [0.5, 0.6) is 0 Å². The Balaban J connectivity index is 1.49. The second kappa shape index (κ2) is 7.75. The van der Waals surface area contributed by atoms with Gasteiger partial charge in [0, 0.05) is 24.7 Å². The predicted molar refractivity (Wildman–Crippen MR) is 107 cm³/mol. The third-order valence-electron chi connectivity index (χ3n) is 5.05. The van der Waals surface area contributed by atoms with Gasteiger partial charge in [0.15, 0.2) is 0 Å². The van der Waals surface area contributed by atoms with Crippen molar-refractivity contribution in [3.63, 3.8) is 0 Å². The molecule has 0 saturated carbocycles. The number of anilines is 1. The first kappa shape index (κ1) is 18.7. The summed E-state index contributed by atoms with van der Waals surface area (Å²) in [4.78, 5) is 23.8. The summed E-state index contributed by atoms with van der Waals surface area (Å²) < 4.78 is 5.31. The third-order valence-corrected chi connectivity index (χ3v) is 5.28. The second-order valence-corrected chi connectivity index (χ2v) is 7.61. The Kier molecular flexibility index (Phi) is 5.17. The van der Waals surface area contributed by atoms with E-state index in [2.05, 4.69) is 25.3 Å². The van der Waals surface area contributed by atoms with E-state index in [0.717, 1.165) is 41.8 Å². The average molecular weight is 400 g/mol. The standard InChI is InChI=1S/C20H22ClN5O2/c1-12-17-18(23-13(2)24-20(17)28-25-12)26-8-4-6-15(11-26)19(27)22-10-14-5-3-7-16(21)9-14/h3,5,7,9,15H,4,6,8,10-11H2,1-2H3,(H,22,27). The molecule has 28 heavy (non-hydrogen) atoms. The first-order valence-electron chi connectivity index (χ1n) is 9.39. The minimum Gasteiger partial charge on any atom is -0.355 e. The van der Waals surface area contributed by atoms with Crippen LogP contribution in [0.4, 0.5) is 5.82 Å². The van der Waals surface area contributed by atoms with Gasteiger partial charge in [0.2, 0.25) is 5.91 Å². The van der Waals surface area contributed by atoms with Crippen molar-refractivity contribution in [3.05, 3.63) is 46.4 Å². The zero-order valence-electron chi connectivity index (χ0n) is 15.9. The Morgan fingerprint density at radius 2 is 2.21 bits per heavy atom. The van der Waals surface area contributed by atoms with Crippen LogP contribution < -0.4 is 10.2 Å². The Bertz CT molecular complexity index is 1020. The normalized spacial score (nSPS) is 17.1. The van der Waals surface area contributed by atoms with Crippen LogP contribution in [0, 0.1) is 19.8 Å². The molecule has 1 unspecified atom stereocenters. The summed E-state index contributed by atoms with van der Waals surface area (Å²) in [6.45, 7) is 5.64. The largest absolute Gasteiger partial charge is 0.355 e. The predicted octanol–water partition coefficient (Wildman–Crippen LogP) is 3.42. The lowest BCUT2D eigenvalue weighted by atomic mass is 9.96. The van der Waals surface area contributed by atoms with E-state index in [1.807, 2.05) is 38.1 Å². The van der Waals surface area contributed by atoms with Gasteiger partial charge < -0.3 is 14.7 Å². The maximum Gasteiger partial charge on any atom is 0.263 e. The number of aryl methyl sites for hydroxylation is 2. The first-order valence-corrected chi connectivity index (χ1v) is 9.77. The molecule has 1 atom stereocenters. The highest BCUT2D eigenvalue weighted by Gasteiger charge is 2.28. The van der Waals surface area contributed by atoms with Gasteiger partial charge in [0.25, 0.3) is 5.71 Å². The summed E-state index contributed by atoms with van der Waals surface area (Å²) in [5.41, 5.74) is 2.24. The van der Waals surface area contributed by atoms with Gasteiger partial charge in [-0.2, -0.15) is 4.98 Å². The zero-order chi connectivity index (χ0) is 19.7. The van der Waals surface area contributed by atoms with Gasteiger partial charge in [-0.25, -0.2) is 4.98 Å². The van der Waals surface area contributed by atoms with Gasteiger partial charge in [-0.15, -0.1) is 0 Å². The van der Waals surface area contributed by atoms with Gasteiger partial charge in [0.05, 0.1) is 11.6 Å². The van der Waals surface area contributed by atoms with Crippen molar-refractivity contribution in [1.29, 1.82) is 0 Å². The topological polar surface area (TPSA) is 84.2 Å². The van der Waals surface area contributed by atoms with Crippen molar-refractivity contribution < 1.29 is 9.32 Å². The van der Waals surface area contributed by atoms with E-state index in [9.17, 15) is 4.79 Å². The molecule has 0 spiro atoms. The van der Waals surface area contributed by atoms with Crippen LogP contribution in [-0.2, 0) is 11.3 Å². The lowest BCUT2D eigenvalue weighted by Gasteiger charge is -2.33. The molecule has 8 heteroatoms. The highest BCUT2D eigenvalue weighted by molar-refractivity contribution is 6.30. The highest BCUT2D eigenvalue weighted by atomic mass is 35.5. The lowest BCUT2D eigenvalue weighted by molar-refractivity contribution is -0.125. The number of hydrogen-bond acceptors (Lipinski definition) is 6. The number of nitrogens with one attached hydrogen (secondary N) is 1. The average Bonchev–Trinajstić information content (AvgIpc) is 3.06. The minimum atomic E-state index is -0.0987. The highest BCUT2D eigenvalue weighted by Crippen LogP contribution is 2.30. The Hall–Kier alpha value is -2.67. The van der Waals surface area contributed by atoms with Crippen LogP contribution >= 0.6 is 11.6 Å². The van der Waals surface area contributed by atoms with Gasteiger partial charge >= 0.3 is 0 Å². The number of carbonyl (C=O) groups is 1. The van der Waals surface area contributed by atoms with Crippen molar-refractivity contribution in [2.24, 2.45) is 5.92 Å². The number of benzene rings is 1. The fourth-order valence-corrected chi connectivity index (χ4v) is 3.88. The van der Waals surface area contributed by atoms with Crippen molar-refractivity contribution in [3.8, 4) is 0 Å². The van der Waals surface area contributed by atoms with Gasteiger partial charge in [-0.3, -0.25) is 4.79 Å². The van der Waals surface area contributed by atoms with Crippen molar-refractivity contribution in [2.75, 3.05) is 18.0 Å². The monoisotopic (exact) mass is 399 g/mol. The van der Waals surface area contributed by atoms with Gasteiger partial charge in [0.1, 0.15) is 17.0 Å². The second-order valence-electron chi connectivity index (χ2n) is 7.18. The van der Waals surface area contributed by atoms with E-state index < -0.39 is 0 Å². The molecule has 2 aromatic heterocycles. The fourth-order valence-electron chi connectivity index (χ4n) is 3.67. The molecule has 1 saturated heterocycles. The molecule has 1 fully saturated rings. The van der Waals surface area contributed by atoms with E-state index in [-0.39, 0.29) is 11.8 Å². The zero-order valence-corrected chi connectivity index (χ0v) is 16.7. The number of fused-ring (bicyclic) bond motifs is 1. The van der Waals surface area contributed by atoms with E-state index in [1.54, 1.807) is 0 Å². The molecular formula is C20H22ClN5O2. The smallest absolute Gasteiger partial charge is 0.263 e. The number of halogens is 1. The van der Waals surface area contributed by atoms with Crippen molar-refractivity contribution >= 4 is 34.4 Å². The summed E-state index contributed by atoms with van der Waals surface area (Å²) in [5, 5.41) is 8.55. The summed E-state index contributed by atoms with van der Waals surface area (Å²) in [5.74, 6) is 1.38. The molecule has 3 aromatic rings. The Morgan fingerprint density at radius 1 is 1.36 bits per heavy atom. The molecule has 7 nitrogen and oxygen atoms in total. The maximum atomic E-state index is 12.7. The molecule has 146 valence electrons. The van der Waals surface area contributed by atoms with Crippen molar-refractivity contribution in [1.82, 2.24) is 20.4 Å². The van der Waals surface area contributed by atoms with Gasteiger partial charge in [-0.05, 0) is 44.4 Å². The molecule has 1 aliphatic heterocycles. The SMILES string of the molecule is Cc1nc(N2CCCC(C(=O)NCc3cccc(Cl)c3)C2)c2c(C)noc2n1. The molecule has 1 aliphatic rings. The van der Waals surface area contributed by atoms with Crippen LogP contribution in [-0.4, -0.2) is 34.1 Å². The third kappa shape index (κ3) is 3.80. The Morgan fingerprint density at radius 3 is 3.04 bits per heavy atom. The quantitative estimate of drug-likeness (QED) is 0.723. The molecule has 0 bridgehead atoms. The number of carbonyl (C=O) groups excluding carboxylic acids is 1. The number of aromatic nitrogens is 3. The molecule has 3 heterocycles. The summed E-state index contributed by atoms with van der Waals surface area (Å²) in [6, 6.07) is 7.53. The van der Waals surface area contributed by atoms with E-state index in [0.29, 0.717) is 29.7 Å². The van der Waals surface area contributed by atoms with E-state index in [4.69, 9.17) is 16.1 Å². The molecule has 0 radical (unpaired) electrons. The minimum absolute atomic E-state index is 0.0498. The molecule has 1 aromatic carbocycles. The summed E-state index contributed by atoms with van der Waals surface area (Å²) in [6.07, 6.45) is 1.78. The maximum absolute atomic E-state index is 12.7. The Labute approximate surface area is 168 Å². The molecule has 1 amide bonds. The van der Waals surface area contributed by atoms with Gasteiger partial charge in [-0.1, -0.05) is 28.9 Å². The number of hydrogen-bond donors (Lipinski definition) is 1. The molecular weight excluding hydrogens is 378 g/mol. The molecule has 0 aliphatic carbocycles. The lowest BCUT2D eigenvalue weighted by Crippen LogP contribution is -2.43. The number of nitrogens with zero attached hydrogens (tertiary/aromatic N) is 4. The summed E-state index contributed by atoms with van der Waals surface area (Å²) >= 11 is 6.02. The molecule has 4 rings (SSSR count). The van der Waals surface area contributed by atoms with Crippen LogP contribution in [0.1, 0.15) is 29.9 Å².